The number of nitrogens with one attached hydrogen (secondary N) is 1. The molecule has 0 aliphatic heterocycles. The summed E-state index contributed by atoms with van der Waals surface area (Å²) in [6, 6.07) is 4.59. The molecule has 0 bridgehead atoms. The van der Waals surface area contributed by atoms with Crippen LogP contribution in [0, 0.1) is 0 Å². The first kappa shape index (κ1) is 21.7. The van der Waals surface area contributed by atoms with Gasteiger partial charge in [-0.15, -0.1) is 0 Å². The van der Waals surface area contributed by atoms with Gasteiger partial charge in [0.05, 0.1) is 28.3 Å². The summed E-state index contributed by atoms with van der Waals surface area (Å²) >= 11 is 1.32. The predicted molar refractivity (Wildman–Crippen MR) is 106 cm³/mol. The summed E-state index contributed by atoms with van der Waals surface area (Å²) in [5, 5.41) is 8.75. The molecule has 1 aromatic heterocycles. The summed E-state index contributed by atoms with van der Waals surface area (Å²) in [6.45, 7) is 5.15. The minimum absolute atomic E-state index is 0.0258. The zero-order valence-electron chi connectivity index (χ0n) is 15.8. The predicted octanol–water partition coefficient (Wildman–Crippen LogP) is 1.73. The fourth-order valence-electron chi connectivity index (χ4n) is 2.65. The van der Waals surface area contributed by atoms with Crippen LogP contribution in [0.2, 0.25) is 0 Å². The Hall–Kier alpha value is -1.62. The number of aromatic nitrogens is 2. The van der Waals surface area contributed by atoms with E-state index < -0.39 is 10.0 Å². The van der Waals surface area contributed by atoms with Crippen molar-refractivity contribution in [1.29, 1.82) is 0 Å². The number of imidazole rings is 1. The number of fused-ring (bicyclic) bond motifs is 1. The van der Waals surface area contributed by atoms with Crippen molar-refractivity contribution in [3.05, 3.63) is 18.2 Å². The van der Waals surface area contributed by atoms with Gasteiger partial charge in [-0.2, -0.15) is 0 Å². The minimum atomic E-state index is -3.79. The van der Waals surface area contributed by atoms with Gasteiger partial charge >= 0.3 is 0 Å². The second-order valence-corrected chi connectivity index (χ2v) is 8.81. The molecule has 10 heteroatoms. The highest BCUT2D eigenvalue weighted by Crippen LogP contribution is 2.26. The third-order valence-corrected chi connectivity index (χ3v) is 5.79. The fourth-order valence-corrected chi connectivity index (χ4v) is 4.03. The van der Waals surface area contributed by atoms with Crippen molar-refractivity contribution in [2.24, 2.45) is 5.14 Å². The number of hydrogen-bond acceptors (Lipinski definition) is 6. The minimum Gasteiger partial charge on any atom is -0.383 e. The Labute approximate surface area is 163 Å². The SMILES string of the molecule is CCCCn1c(SCC(=O)N[C@@H](C)COC)nc2cc(S(N)(=O)=O)ccc21. The normalized spacial score (nSPS) is 13.0. The molecule has 0 aliphatic carbocycles. The van der Waals surface area contributed by atoms with E-state index in [2.05, 4.69) is 17.2 Å². The van der Waals surface area contributed by atoms with Crippen LogP contribution in [0.3, 0.4) is 0 Å². The number of nitrogens with zero attached hydrogens (tertiary/aromatic N) is 2. The quantitative estimate of drug-likeness (QED) is 0.572. The first-order valence-corrected chi connectivity index (χ1v) is 11.2. The van der Waals surface area contributed by atoms with E-state index in [4.69, 9.17) is 9.88 Å². The molecular formula is C17H26N4O4S2. The lowest BCUT2D eigenvalue weighted by atomic mass is 10.3. The van der Waals surface area contributed by atoms with Gasteiger partial charge in [-0.25, -0.2) is 18.5 Å². The topological polar surface area (TPSA) is 116 Å². The van der Waals surface area contributed by atoms with E-state index in [1.165, 1.54) is 23.9 Å². The smallest absolute Gasteiger partial charge is 0.238 e. The van der Waals surface area contributed by atoms with Crippen LogP contribution >= 0.6 is 11.8 Å². The van der Waals surface area contributed by atoms with E-state index in [1.54, 1.807) is 13.2 Å². The van der Waals surface area contributed by atoms with Gasteiger partial charge in [-0.05, 0) is 31.5 Å². The molecule has 0 fully saturated rings. The Kier molecular flexibility index (Phi) is 7.66. The van der Waals surface area contributed by atoms with Crippen molar-refractivity contribution in [2.75, 3.05) is 19.5 Å². The largest absolute Gasteiger partial charge is 0.383 e. The maximum absolute atomic E-state index is 12.1. The van der Waals surface area contributed by atoms with Gasteiger partial charge in [0.25, 0.3) is 0 Å². The lowest BCUT2D eigenvalue weighted by Crippen LogP contribution is -2.36. The number of sulfonamides is 1. The number of amides is 1. The van der Waals surface area contributed by atoms with Crippen LogP contribution in [0.1, 0.15) is 26.7 Å². The molecule has 0 radical (unpaired) electrons. The number of benzene rings is 1. The van der Waals surface area contributed by atoms with Crippen molar-refractivity contribution in [3.8, 4) is 0 Å². The maximum Gasteiger partial charge on any atom is 0.238 e. The number of primary sulfonamides is 1. The van der Waals surface area contributed by atoms with Crippen LogP contribution in [0.25, 0.3) is 11.0 Å². The number of ether oxygens (including phenoxy) is 1. The van der Waals surface area contributed by atoms with Gasteiger partial charge in [0.15, 0.2) is 5.16 Å². The van der Waals surface area contributed by atoms with Crippen LogP contribution in [0.4, 0.5) is 0 Å². The molecule has 0 saturated carbocycles. The molecule has 2 rings (SSSR count). The first-order chi connectivity index (χ1) is 12.8. The van der Waals surface area contributed by atoms with Gasteiger partial charge in [-0.1, -0.05) is 25.1 Å². The number of nitrogens with two attached hydrogens (primary N) is 1. The molecule has 0 saturated heterocycles. The molecule has 3 N–H and O–H groups in total. The number of hydrogen-bond donors (Lipinski definition) is 2. The van der Waals surface area contributed by atoms with Gasteiger partial charge in [0.1, 0.15) is 0 Å². The highest BCUT2D eigenvalue weighted by Gasteiger charge is 2.16. The van der Waals surface area contributed by atoms with E-state index in [-0.39, 0.29) is 22.6 Å². The van der Waals surface area contributed by atoms with Crippen LogP contribution in [-0.2, 0) is 26.1 Å². The average Bonchev–Trinajstić information content (AvgIpc) is 2.94. The van der Waals surface area contributed by atoms with E-state index >= 15 is 0 Å². The second-order valence-electron chi connectivity index (χ2n) is 6.31. The molecule has 27 heavy (non-hydrogen) atoms. The number of aryl methyl sites for hydroxylation is 1. The van der Waals surface area contributed by atoms with Gasteiger partial charge in [-0.3, -0.25) is 4.79 Å². The van der Waals surface area contributed by atoms with Crippen molar-refractivity contribution >= 4 is 38.7 Å². The number of carbonyl (C=O) groups excluding carboxylic acids is 1. The van der Waals surface area contributed by atoms with Gasteiger partial charge < -0.3 is 14.6 Å². The van der Waals surface area contributed by atoms with Crippen LogP contribution < -0.4 is 10.5 Å². The Morgan fingerprint density at radius 3 is 2.81 bits per heavy atom. The zero-order chi connectivity index (χ0) is 20.0. The lowest BCUT2D eigenvalue weighted by molar-refractivity contribution is -0.119. The highest BCUT2D eigenvalue weighted by atomic mass is 32.2. The van der Waals surface area contributed by atoms with E-state index in [9.17, 15) is 13.2 Å². The third kappa shape index (κ3) is 5.93. The summed E-state index contributed by atoms with van der Waals surface area (Å²) in [7, 11) is -2.20. The molecule has 1 atom stereocenters. The molecular weight excluding hydrogens is 388 g/mol. The molecule has 2 aromatic rings. The number of carbonyl (C=O) groups is 1. The highest BCUT2D eigenvalue weighted by molar-refractivity contribution is 7.99. The third-order valence-electron chi connectivity index (χ3n) is 3.90. The van der Waals surface area contributed by atoms with Crippen molar-refractivity contribution in [2.45, 2.75) is 49.3 Å². The molecule has 150 valence electrons. The van der Waals surface area contributed by atoms with E-state index in [1.807, 2.05) is 11.5 Å². The number of methoxy groups -OCH3 is 1. The molecule has 0 spiro atoms. The second kappa shape index (κ2) is 9.54. The number of rotatable bonds is 10. The summed E-state index contributed by atoms with van der Waals surface area (Å²) in [4.78, 5) is 16.7. The lowest BCUT2D eigenvalue weighted by Gasteiger charge is -2.12. The van der Waals surface area contributed by atoms with Crippen molar-refractivity contribution in [3.63, 3.8) is 0 Å². The van der Waals surface area contributed by atoms with Gasteiger partial charge in [0.2, 0.25) is 15.9 Å². The maximum atomic E-state index is 12.1. The fraction of sp³-hybridized carbons (Fsp3) is 0.529. The van der Waals surface area contributed by atoms with Crippen LogP contribution in [-0.4, -0.2) is 49.4 Å². The van der Waals surface area contributed by atoms with Gasteiger partial charge in [0, 0.05) is 19.7 Å². The standard InChI is InChI=1S/C17H26N4O4S2/c1-4-5-8-21-15-7-6-13(27(18,23)24)9-14(15)20-17(21)26-11-16(22)19-12(2)10-25-3/h6-7,9,12H,4-5,8,10-11H2,1-3H3,(H,19,22)(H2,18,23,24)/t12-/m0/s1. The van der Waals surface area contributed by atoms with Crippen molar-refractivity contribution < 1.29 is 17.9 Å². The molecule has 0 aliphatic rings. The molecule has 0 unspecified atom stereocenters. The Morgan fingerprint density at radius 1 is 1.44 bits per heavy atom. The van der Waals surface area contributed by atoms with Crippen molar-refractivity contribution in [1.82, 2.24) is 14.9 Å². The molecule has 8 nitrogen and oxygen atoms in total. The summed E-state index contributed by atoms with van der Waals surface area (Å²) in [5.74, 6) is 0.106. The summed E-state index contributed by atoms with van der Waals surface area (Å²) < 4.78 is 30.2. The number of thioether (sulfide) groups is 1. The average molecular weight is 415 g/mol. The molecule has 1 aromatic carbocycles. The first-order valence-electron chi connectivity index (χ1n) is 8.70. The van der Waals surface area contributed by atoms with E-state index in [0.29, 0.717) is 17.3 Å². The Balaban J connectivity index is 2.24. The monoisotopic (exact) mass is 414 g/mol. The van der Waals surface area contributed by atoms with E-state index in [0.717, 1.165) is 24.9 Å². The molecule has 1 heterocycles. The zero-order valence-corrected chi connectivity index (χ0v) is 17.4. The summed E-state index contributed by atoms with van der Waals surface area (Å²) in [5.41, 5.74) is 1.37. The summed E-state index contributed by atoms with van der Waals surface area (Å²) in [6.07, 6.45) is 1.96. The van der Waals surface area contributed by atoms with Crippen LogP contribution in [0.15, 0.2) is 28.3 Å². The molecule has 1 amide bonds. The Morgan fingerprint density at radius 2 is 2.19 bits per heavy atom. The van der Waals surface area contributed by atoms with Crippen LogP contribution in [0.5, 0.6) is 0 Å². The Bertz CT molecular complexity index is 896. The number of unbranched alkanes of at least 4 members (excludes halogenated alkanes) is 1.